The fourth-order valence-electron chi connectivity index (χ4n) is 4.04. The molecular weight excluding hydrogens is 468 g/mol. The van der Waals surface area contributed by atoms with Crippen molar-refractivity contribution < 1.29 is 9.32 Å². The molecule has 8 heteroatoms. The van der Waals surface area contributed by atoms with Crippen molar-refractivity contribution >= 4 is 40.7 Å². The van der Waals surface area contributed by atoms with Crippen LogP contribution in [0.4, 0.5) is 10.5 Å². The highest BCUT2D eigenvalue weighted by Gasteiger charge is 2.36. The zero-order chi connectivity index (χ0) is 23.7. The summed E-state index contributed by atoms with van der Waals surface area (Å²) in [4.78, 5) is 20.7. The maximum absolute atomic E-state index is 13.3. The molecule has 6 nitrogen and oxygen atoms in total. The van der Waals surface area contributed by atoms with E-state index in [1.165, 1.54) is 0 Å². The monoisotopic (exact) mass is 488 g/mol. The molecule has 2 amide bonds. The lowest BCUT2D eigenvalue weighted by atomic mass is 9.94. The van der Waals surface area contributed by atoms with E-state index in [1.807, 2.05) is 79.9 Å². The molecule has 0 aliphatic carbocycles. The van der Waals surface area contributed by atoms with Gasteiger partial charge in [-0.1, -0.05) is 59.2 Å². The van der Waals surface area contributed by atoms with Gasteiger partial charge in [-0.25, -0.2) is 4.79 Å². The Kier molecular flexibility index (Phi) is 6.13. The Morgan fingerprint density at radius 1 is 1.03 bits per heavy atom. The van der Waals surface area contributed by atoms with Gasteiger partial charge < -0.3 is 9.84 Å². The predicted octanol–water partition coefficient (Wildman–Crippen LogP) is 6.81. The summed E-state index contributed by atoms with van der Waals surface area (Å²) < 4.78 is 5.73. The van der Waals surface area contributed by atoms with Gasteiger partial charge in [0.15, 0.2) is 0 Å². The van der Waals surface area contributed by atoms with Crippen LogP contribution in [0.1, 0.15) is 24.4 Å². The van der Waals surface area contributed by atoms with Gasteiger partial charge in [0.25, 0.3) is 5.89 Å². The number of aromatic nitrogens is 2. The Morgan fingerprint density at radius 2 is 1.79 bits per heavy atom. The number of allylic oxidation sites excluding steroid dienone is 1. The third-order valence-electron chi connectivity index (χ3n) is 5.69. The van der Waals surface area contributed by atoms with Crippen LogP contribution in [0.2, 0.25) is 5.02 Å². The number of nitrogens with one attached hydrogen (secondary N) is 1. The van der Waals surface area contributed by atoms with Crippen molar-refractivity contribution in [2.45, 2.75) is 17.9 Å². The molecule has 2 heterocycles. The number of thioether (sulfide) groups is 1. The number of halogens is 1. The SMILES string of the molecule is CSc1ccc(N2C(=O)NC(c3ccccc3)C(c3nc(-c4cccc(Cl)c4)no3)=C2C)cc1. The lowest BCUT2D eigenvalue weighted by Crippen LogP contribution is -2.46. The smallest absolute Gasteiger partial charge is 0.326 e. The number of amides is 2. The molecule has 0 bridgehead atoms. The van der Waals surface area contributed by atoms with Crippen molar-refractivity contribution in [3.8, 4) is 11.4 Å². The number of hydrogen-bond donors (Lipinski definition) is 1. The average Bonchev–Trinajstić information content (AvgIpc) is 3.34. The minimum Gasteiger partial charge on any atom is -0.334 e. The molecule has 34 heavy (non-hydrogen) atoms. The molecule has 1 aliphatic rings. The molecule has 0 radical (unpaired) electrons. The number of hydrogen-bond acceptors (Lipinski definition) is 5. The van der Waals surface area contributed by atoms with E-state index in [0.717, 1.165) is 33.0 Å². The molecule has 3 aromatic carbocycles. The first-order valence-electron chi connectivity index (χ1n) is 10.7. The van der Waals surface area contributed by atoms with Gasteiger partial charge in [-0.2, -0.15) is 4.98 Å². The zero-order valence-electron chi connectivity index (χ0n) is 18.5. The minimum atomic E-state index is -0.442. The number of benzene rings is 3. The van der Waals surface area contributed by atoms with Crippen LogP contribution in [0.15, 0.2) is 94.0 Å². The Hall–Kier alpha value is -3.55. The Balaban J connectivity index is 1.64. The first-order chi connectivity index (χ1) is 16.5. The molecule has 0 saturated heterocycles. The first kappa shape index (κ1) is 22.3. The van der Waals surface area contributed by atoms with Gasteiger partial charge in [0.1, 0.15) is 0 Å². The number of anilines is 1. The molecule has 1 N–H and O–H groups in total. The van der Waals surface area contributed by atoms with E-state index in [2.05, 4.69) is 15.5 Å². The Morgan fingerprint density at radius 3 is 2.50 bits per heavy atom. The maximum atomic E-state index is 13.3. The molecule has 1 unspecified atom stereocenters. The third kappa shape index (κ3) is 4.20. The molecule has 170 valence electrons. The van der Waals surface area contributed by atoms with Crippen molar-refractivity contribution in [3.63, 3.8) is 0 Å². The predicted molar refractivity (Wildman–Crippen MR) is 136 cm³/mol. The Bertz CT molecular complexity index is 1370. The van der Waals surface area contributed by atoms with Crippen LogP contribution in [-0.4, -0.2) is 22.4 Å². The number of nitrogens with zero attached hydrogens (tertiary/aromatic N) is 3. The number of carbonyl (C=O) groups is 1. The summed E-state index contributed by atoms with van der Waals surface area (Å²) in [7, 11) is 0. The highest BCUT2D eigenvalue weighted by molar-refractivity contribution is 7.98. The van der Waals surface area contributed by atoms with E-state index >= 15 is 0 Å². The highest BCUT2D eigenvalue weighted by atomic mass is 35.5. The van der Waals surface area contributed by atoms with Gasteiger partial charge in [-0.3, -0.25) is 4.90 Å². The summed E-state index contributed by atoms with van der Waals surface area (Å²) in [5.41, 5.74) is 3.88. The molecule has 4 aromatic rings. The van der Waals surface area contributed by atoms with Gasteiger partial charge in [0, 0.05) is 21.2 Å². The normalized spacial score (nSPS) is 16.0. The number of rotatable bonds is 5. The van der Waals surface area contributed by atoms with Crippen LogP contribution in [-0.2, 0) is 0 Å². The van der Waals surface area contributed by atoms with Crippen LogP contribution in [0.25, 0.3) is 17.0 Å². The molecule has 0 spiro atoms. The molecule has 1 atom stereocenters. The summed E-state index contributed by atoms with van der Waals surface area (Å²) in [6, 6.07) is 24.2. The first-order valence-corrected chi connectivity index (χ1v) is 12.3. The second kappa shape index (κ2) is 9.37. The molecule has 1 aliphatic heterocycles. The average molecular weight is 489 g/mol. The third-order valence-corrected chi connectivity index (χ3v) is 6.67. The largest absolute Gasteiger partial charge is 0.334 e. The molecular formula is C26H21ClN4O2S. The maximum Gasteiger partial charge on any atom is 0.326 e. The molecule has 5 rings (SSSR count). The van der Waals surface area contributed by atoms with Crippen molar-refractivity contribution in [2.75, 3.05) is 11.2 Å². The zero-order valence-corrected chi connectivity index (χ0v) is 20.1. The summed E-state index contributed by atoms with van der Waals surface area (Å²) >= 11 is 7.80. The van der Waals surface area contributed by atoms with Gasteiger partial charge in [-0.15, -0.1) is 11.8 Å². The van der Waals surface area contributed by atoms with Crippen LogP contribution in [0.3, 0.4) is 0 Å². The van der Waals surface area contributed by atoms with E-state index in [1.54, 1.807) is 28.8 Å². The summed E-state index contributed by atoms with van der Waals surface area (Å²) in [6.45, 7) is 1.90. The second-order valence-corrected chi connectivity index (χ2v) is 9.08. The van der Waals surface area contributed by atoms with Crippen molar-refractivity contribution in [3.05, 3.63) is 101 Å². The molecule has 0 fully saturated rings. The Labute approximate surface area is 206 Å². The van der Waals surface area contributed by atoms with Gasteiger partial charge >= 0.3 is 6.03 Å². The summed E-state index contributed by atoms with van der Waals surface area (Å²) in [5.74, 6) is 0.768. The number of carbonyl (C=O) groups excluding carboxylic acids is 1. The summed E-state index contributed by atoms with van der Waals surface area (Å²) in [6.07, 6.45) is 2.02. The topological polar surface area (TPSA) is 71.3 Å². The van der Waals surface area contributed by atoms with E-state index in [0.29, 0.717) is 16.7 Å². The fourth-order valence-corrected chi connectivity index (χ4v) is 4.63. The highest BCUT2D eigenvalue weighted by Crippen LogP contribution is 2.39. The van der Waals surface area contributed by atoms with Crippen LogP contribution < -0.4 is 10.2 Å². The van der Waals surface area contributed by atoms with E-state index in [9.17, 15) is 4.79 Å². The number of urea groups is 1. The van der Waals surface area contributed by atoms with Crippen LogP contribution >= 0.6 is 23.4 Å². The lowest BCUT2D eigenvalue weighted by molar-refractivity contribution is 0.244. The van der Waals surface area contributed by atoms with Crippen molar-refractivity contribution in [1.29, 1.82) is 0 Å². The second-order valence-electron chi connectivity index (χ2n) is 7.76. The van der Waals surface area contributed by atoms with E-state index < -0.39 is 6.04 Å². The van der Waals surface area contributed by atoms with E-state index in [-0.39, 0.29) is 6.03 Å². The van der Waals surface area contributed by atoms with Gasteiger partial charge in [0.2, 0.25) is 5.82 Å². The van der Waals surface area contributed by atoms with Crippen LogP contribution in [0.5, 0.6) is 0 Å². The fraction of sp³-hybridized carbons (Fsp3) is 0.115. The molecule has 1 aromatic heterocycles. The van der Waals surface area contributed by atoms with E-state index in [4.69, 9.17) is 16.1 Å². The quantitative estimate of drug-likeness (QED) is 0.312. The lowest BCUT2D eigenvalue weighted by Gasteiger charge is -2.35. The van der Waals surface area contributed by atoms with Crippen LogP contribution in [0, 0.1) is 0 Å². The standard InChI is InChI=1S/C26H21ClN4O2S/c1-16-22(25-29-24(30-33-25)18-9-6-10-19(27)15-18)23(17-7-4-3-5-8-17)28-26(32)31(16)20-11-13-21(34-2)14-12-20/h3-15,23H,1-2H3,(H,28,32). The van der Waals surface area contributed by atoms with Gasteiger partial charge in [0.05, 0.1) is 17.3 Å². The molecule has 0 saturated carbocycles. The summed E-state index contributed by atoms with van der Waals surface area (Å²) in [5, 5.41) is 7.90. The minimum absolute atomic E-state index is 0.221. The van der Waals surface area contributed by atoms with Crippen molar-refractivity contribution in [1.82, 2.24) is 15.5 Å². The van der Waals surface area contributed by atoms with Gasteiger partial charge in [-0.05, 0) is 55.1 Å². The van der Waals surface area contributed by atoms with Crippen molar-refractivity contribution in [2.24, 2.45) is 0 Å².